The lowest BCUT2D eigenvalue weighted by molar-refractivity contribution is 0.137. The number of aromatic nitrogens is 2. The van der Waals surface area contributed by atoms with E-state index in [1.807, 2.05) is 43.6 Å². The second-order valence-electron chi connectivity index (χ2n) is 4.01. The van der Waals surface area contributed by atoms with Crippen LogP contribution in [0.1, 0.15) is 11.1 Å². The molecule has 2 aromatic heterocycles. The van der Waals surface area contributed by atoms with Crippen LogP contribution in [-0.2, 0) is 11.3 Å². The van der Waals surface area contributed by atoms with Gasteiger partial charge in [0.1, 0.15) is 0 Å². The van der Waals surface area contributed by atoms with Crippen LogP contribution in [0.15, 0.2) is 36.7 Å². The molecule has 0 spiro atoms. The van der Waals surface area contributed by atoms with Crippen molar-refractivity contribution in [3.63, 3.8) is 0 Å². The average molecular weight is 307 g/mol. The third-order valence-electron chi connectivity index (χ3n) is 2.49. The first-order valence-corrected chi connectivity index (χ1v) is 6.93. The summed E-state index contributed by atoms with van der Waals surface area (Å²) in [6, 6.07) is 8.03. The van der Waals surface area contributed by atoms with Gasteiger partial charge in [0.25, 0.3) is 0 Å². The van der Waals surface area contributed by atoms with E-state index < -0.39 is 0 Å². The predicted octanol–water partition coefficient (Wildman–Crippen LogP) is 3.36. The van der Waals surface area contributed by atoms with Crippen molar-refractivity contribution in [2.75, 3.05) is 11.9 Å². The largest absolute Gasteiger partial charge is 0.376 e. The number of aryl methyl sites for hydroxylation is 1. The van der Waals surface area contributed by atoms with Gasteiger partial charge in [0.2, 0.25) is 0 Å². The quantitative estimate of drug-likeness (QED) is 0.627. The monoisotopic (exact) mass is 306 g/mol. The summed E-state index contributed by atoms with van der Waals surface area (Å²) < 4.78 is 5.43. The molecule has 0 fully saturated rings. The molecule has 3 nitrogen and oxygen atoms in total. The predicted molar refractivity (Wildman–Crippen MR) is 75.7 cm³/mol. The molecule has 18 heavy (non-hydrogen) atoms. The van der Waals surface area contributed by atoms with Crippen molar-refractivity contribution < 1.29 is 4.74 Å². The van der Waals surface area contributed by atoms with Gasteiger partial charge in [-0.15, -0.1) is 0 Å². The van der Waals surface area contributed by atoms with Crippen LogP contribution in [0.4, 0.5) is 0 Å². The zero-order valence-electron chi connectivity index (χ0n) is 10.3. The van der Waals surface area contributed by atoms with Gasteiger partial charge in [0, 0.05) is 17.7 Å². The number of rotatable bonds is 5. The average Bonchev–Trinajstić information content (AvgIpc) is 2.41. The maximum atomic E-state index is 5.43. The Hall–Kier alpha value is -1.26. The minimum atomic E-state index is 0.597. The number of hydrogen-bond acceptors (Lipinski definition) is 3. The van der Waals surface area contributed by atoms with E-state index in [1.165, 1.54) is 0 Å². The number of nitrogens with zero attached hydrogens (tertiary/aromatic N) is 2. The van der Waals surface area contributed by atoms with Gasteiger partial charge >= 0.3 is 0 Å². The maximum absolute atomic E-state index is 5.43. The van der Waals surface area contributed by atoms with Gasteiger partial charge in [-0.25, -0.2) is 0 Å². The standard InChI is InChI=1S/C14H15BrN2O/c1-11-2-4-13(16-8-11)14-5-3-12(9-17-14)10-18-7-6-15/h2-5,8-9H,6-7,10H2,1H3. The normalized spacial score (nSPS) is 10.6. The Morgan fingerprint density at radius 2 is 1.78 bits per heavy atom. The molecule has 2 heterocycles. The van der Waals surface area contributed by atoms with Gasteiger partial charge in [0.15, 0.2) is 0 Å². The third-order valence-corrected chi connectivity index (χ3v) is 2.81. The Morgan fingerprint density at radius 3 is 2.33 bits per heavy atom. The number of halogens is 1. The lowest BCUT2D eigenvalue weighted by atomic mass is 10.2. The summed E-state index contributed by atoms with van der Waals surface area (Å²) in [5.41, 5.74) is 4.01. The summed E-state index contributed by atoms with van der Waals surface area (Å²) >= 11 is 3.32. The van der Waals surface area contributed by atoms with Gasteiger partial charge in [-0.2, -0.15) is 0 Å². The number of alkyl halides is 1. The summed E-state index contributed by atoms with van der Waals surface area (Å²) in [6.45, 7) is 3.33. The van der Waals surface area contributed by atoms with Crippen LogP contribution >= 0.6 is 15.9 Å². The summed E-state index contributed by atoms with van der Waals surface area (Å²) in [5, 5.41) is 0.853. The topological polar surface area (TPSA) is 35.0 Å². The van der Waals surface area contributed by atoms with Crippen LogP contribution < -0.4 is 0 Å². The van der Waals surface area contributed by atoms with Gasteiger partial charge in [-0.3, -0.25) is 9.97 Å². The van der Waals surface area contributed by atoms with Crippen LogP contribution in [0.5, 0.6) is 0 Å². The van der Waals surface area contributed by atoms with E-state index >= 15 is 0 Å². The summed E-state index contributed by atoms with van der Waals surface area (Å²) in [5.74, 6) is 0. The van der Waals surface area contributed by atoms with Crippen LogP contribution in [0.2, 0.25) is 0 Å². The van der Waals surface area contributed by atoms with Gasteiger partial charge in [-0.05, 0) is 30.2 Å². The van der Waals surface area contributed by atoms with Crippen molar-refractivity contribution in [1.29, 1.82) is 0 Å². The smallest absolute Gasteiger partial charge is 0.0886 e. The van der Waals surface area contributed by atoms with Crippen molar-refractivity contribution in [2.45, 2.75) is 13.5 Å². The highest BCUT2D eigenvalue weighted by molar-refractivity contribution is 9.09. The molecular formula is C14H15BrN2O. The van der Waals surface area contributed by atoms with Crippen molar-refractivity contribution in [3.8, 4) is 11.4 Å². The van der Waals surface area contributed by atoms with Gasteiger partial charge in [-0.1, -0.05) is 28.1 Å². The van der Waals surface area contributed by atoms with E-state index in [1.54, 1.807) is 0 Å². The van der Waals surface area contributed by atoms with E-state index in [0.29, 0.717) is 13.2 Å². The molecular weight excluding hydrogens is 292 g/mol. The Labute approximate surface area is 115 Å². The van der Waals surface area contributed by atoms with Crippen molar-refractivity contribution >= 4 is 15.9 Å². The molecule has 2 rings (SSSR count). The van der Waals surface area contributed by atoms with E-state index in [0.717, 1.165) is 27.8 Å². The van der Waals surface area contributed by atoms with Crippen molar-refractivity contribution in [2.24, 2.45) is 0 Å². The molecule has 0 atom stereocenters. The molecule has 0 aliphatic heterocycles. The minimum Gasteiger partial charge on any atom is -0.376 e. The zero-order chi connectivity index (χ0) is 12.8. The van der Waals surface area contributed by atoms with Gasteiger partial charge < -0.3 is 4.74 Å². The Morgan fingerprint density at radius 1 is 1.06 bits per heavy atom. The number of hydrogen-bond donors (Lipinski definition) is 0. The second-order valence-corrected chi connectivity index (χ2v) is 4.81. The molecule has 0 amide bonds. The number of ether oxygens (including phenoxy) is 1. The third kappa shape index (κ3) is 3.62. The number of pyridine rings is 2. The molecule has 94 valence electrons. The fourth-order valence-electron chi connectivity index (χ4n) is 1.53. The van der Waals surface area contributed by atoms with Crippen LogP contribution in [0.25, 0.3) is 11.4 Å². The molecule has 0 aliphatic rings. The zero-order valence-corrected chi connectivity index (χ0v) is 11.9. The highest BCUT2D eigenvalue weighted by Gasteiger charge is 2.01. The summed E-state index contributed by atoms with van der Waals surface area (Å²) in [4.78, 5) is 8.76. The van der Waals surface area contributed by atoms with Crippen LogP contribution in [0, 0.1) is 6.92 Å². The first-order chi connectivity index (χ1) is 8.79. The highest BCUT2D eigenvalue weighted by atomic mass is 79.9. The van der Waals surface area contributed by atoms with Crippen LogP contribution in [0.3, 0.4) is 0 Å². The highest BCUT2D eigenvalue weighted by Crippen LogP contribution is 2.14. The van der Waals surface area contributed by atoms with Crippen LogP contribution in [-0.4, -0.2) is 21.9 Å². The fourth-order valence-corrected chi connectivity index (χ4v) is 1.75. The molecule has 0 saturated heterocycles. The van der Waals surface area contributed by atoms with Crippen molar-refractivity contribution in [3.05, 3.63) is 47.8 Å². The minimum absolute atomic E-state index is 0.597. The Balaban J connectivity index is 2.05. The first-order valence-electron chi connectivity index (χ1n) is 5.81. The lowest BCUT2D eigenvalue weighted by Gasteiger charge is -2.04. The molecule has 0 aliphatic carbocycles. The first kappa shape index (κ1) is 13.2. The summed E-state index contributed by atoms with van der Waals surface area (Å²) in [7, 11) is 0. The molecule has 0 aromatic carbocycles. The molecule has 2 aromatic rings. The molecule has 0 radical (unpaired) electrons. The molecule has 0 saturated carbocycles. The van der Waals surface area contributed by atoms with E-state index in [4.69, 9.17) is 4.74 Å². The van der Waals surface area contributed by atoms with E-state index in [9.17, 15) is 0 Å². The Bertz CT molecular complexity index is 482. The molecule has 0 bridgehead atoms. The van der Waals surface area contributed by atoms with E-state index in [-0.39, 0.29) is 0 Å². The molecule has 4 heteroatoms. The molecule has 0 unspecified atom stereocenters. The van der Waals surface area contributed by atoms with Crippen molar-refractivity contribution in [1.82, 2.24) is 9.97 Å². The lowest BCUT2D eigenvalue weighted by Crippen LogP contribution is -1.97. The maximum Gasteiger partial charge on any atom is 0.0886 e. The Kier molecular flexibility index (Phi) is 4.84. The molecule has 0 N–H and O–H groups in total. The van der Waals surface area contributed by atoms with Gasteiger partial charge in [0.05, 0.1) is 24.6 Å². The van der Waals surface area contributed by atoms with E-state index in [2.05, 4.69) is 25.9 Å². The fraction of sp³-hybridized carbons (Fsp3) is 0.286. The second kappa shape index (κ2) is 6.61. The SMILES string of the molecule is Cc1ccc(-c2ccc(COCCBr)cn2)nc1. The summed E-state index contributed by atoms with van der Waals surface area (Å²) in [6.07, 6.45) is 3.69.